The van der Waals surface area contributed by atoms with Crippen LogP contribution in [0.15, 0.2) is 30.6 Å². The molecule has 2 rings (SSSR count). The molecule has 1 N–H and O–H groups in total. The van der Waals surface area contributed by atoms with E-state index >= 15 is 0 Å². The van der Waals surface area contributed by atoms with E-state index in [9.17, 15) is 4.79 Å². The van der Waals surface area contributed by atoms with Crippen LogP contribution in [0.1, 0.15) is 13.3 Å². The molecule has 1 saturated heterocycles. The van der Waals surface area contributed by atoms with Crippen molar-refractivity contribution in [3.05, 3.63) is 30.6 Å². The molecule has 1 amide bonds. The summed E-state index contributed by atoms with van der Waals surface area (Å²) in [4.78, 5) is 16.8. The zero-order chi connectivity index (χ0) is 11.6. The van der Waals surface area contributed by atoms with E-state index in [1.807, 2.05) is 30.0 Å². The third kappa shape index (κ3) is 4.89. The highest BCUT2D eigenvalue weighted by atomic mass is 16.2. The van der Waals surface area contributed by atoms with Crippen molar-refractivity contribution in [1.29, 1.82) is 0 Å². The van der Waals surface area contributed by atoms with E-state index in [-0.39, 0.29) is 5.91 Å². The van der Waals surface area contributed by atoms with Crippen LogP contribution in [0, 0.1) is 0 Å². The largest absolute Gasteiger partial charge is 0.340 e. The average Bonchev–Trinajstić information content (AvgIpc) is 2.41. The zero-order valence-electron chi connectivity index (χ0n) is 9.72. The average molecular weight is 221 g/mol. The van der Waals surface area contributed by atoms with E-state index < -0.39 is 0 Å². The number of nitrogens with zero attached hydrogens (tertiary/aromatic N) is 2. The van der Waals surface area contributed by atoms with E-state index in [1.165, 1.54) is 0 Å². The first-order chi connectivity index (χ1) is 7.84. The third-order valence-corrected chi connectivity index (χ3v) is 2.34. The lowest BCUT2D eigenvalue weighted by molar-refractivity contribution is -0.131. The zero-order valence-corrected chi connectivity index (χ0v) is 9.72. The maximum atomic E-state index is 11.1. The van der Waals surface area contributed by atoms with Crippen LogP contribution in [0.4, 0.5) is 0 Å². The fourth-order valence-corrected chi connectivity index (χ4v) is 1.45. The van der Waals surface area contributed by atoms with Crippen molar-refractivity contribution in [3.8, 4) is 0 Å². The lowest BCUT2D eigenvalue weighted by atomic mass is 10.3. The molecule has 0 bridgehead atoms. The normalized spacial score (nSPS) is 14.9. The SMILES string of the molecule is CCC(=O)N1CCNCC1.c1ccncc1. The van der Waals surface area contributed by atoms with Gasteiger partial charge in [-0.2, -0.15) is 0 Å². The van der Waals surface area contributed by atoms with Gasteiger partial charge in [-0.05, 0) is 12.1 Å². The van der Waals surface area contributed by atoms with Gasteiger partial charge in [-0.3, -0.25) is 9.78 Å². The van der Waals surface area contributed by atoms with Crippen LogP contribution in [0.25, 0.3) is 0 Å². The van der Waals surface area contributed by atoms with Gasteiger partial charge in [-0.1, -0.05) is 13.0 Å². The van der Waals surface area contributed by atoms with Crippen molar-refractivity contribution in [3.63, 3.8) is 0 Å². The van der Waals surface area contributed by atoms with Crippen molar-refractivity contribution >= 4 is 5.91 Å². The molecule has 0 aliphatic carbocycles. The molecule has 16 heavy (non-hydrogen) atoms. The molecule has 0 saturated carbocycles. The molecule has 0 atom stereocenters. The molecule has 88 valence electrons. The van der Waals surface area contributed by atoms with Crippen LogP contribution in [0.3, 0.4) is 0 Å². The summed E-state index contributed by atoms with van der Waals surface area (Å²) >= 11 is 0. The number of hydrogen-bond donors (Lipinski definition) is 1. The number of hydrogen-bond acceptors (Lipinski definition) is 3. The Balaban J connectivity index is 0.000000181. The van der Waals surface area contributed by atoms with E-state index in [0.717, 1.165) is 26.2 Å². The van der Waals surface area contributed by atoms with Crippen molar-refractivity contribution in [1.82, 2.24) is 15.2 Å². The summed E-state index contributed by atoms with van der Waals surface area (Å²) in [6, 6.07) is 5.72. The van der Waals surface area contributed by atoms with Gasteiger partial charge in [0.1, 0.15) is 0 Å². The maximum absolute atomic E-state index is 11.1. The van der Waals surface area contributed by atoms with Crippen molar-refractivity contribution in [2.24, 2.45) is 0 Å². The number of piperazine rings is 1. The van der Waals surface area contributed by atoms with Crippen LogP contribution < -0.4 is 5.32 Å². The highest BCUT2D eigenvalue weighted by molar-refractivity contribution is 5.75. The van der Waals surface area contributed by atoms with E-state index in [2.05, 4.69) is 10.3 Å². The summed E-state index contributed by atoms with van der Waals surface area (Å²) in [5, 5.41) is 3.20. The Hall–Kier alpha value is -1.42. The molecule has 1 fully saturated rings. The predicted octanol–water partition coefficient (Wildman–Crippen LogP) is 0.910. The number of aromatic nitrogens is 1. The van der Waals surface area contributed by atoms with Crippen LogP contribution >= 0.6 is 0 Å². The predicted molar refractivity (Wildman–Crippen MR) is 64.0 cm³/mol. The minimum absolute atomic E-state index is 0.279. The lowest BCUT2D eigenvalue weighted by Crippen LogP contribution is -2.46. The highest BCUT2D eigenvalue weighted by Crippen LogP contribution is 1.95. The summed E-state index contributed by atoms with van der Waals surface area (Å²) in [6.45, 7) is 5.57. The second-order valence-corrected chi connectivity index (χ2v) is 3.51. The molecule has 0 unspecified atom stereocenters. The Bertz CT molecular complexity index is 257. The van der Waals surface area contributed by atoms with Gasteiger partial charge in [0.15, 0.2) is 0 Å². The van der Waals surface area contributed by atoms with Gasteiger partial charge in [0, 0.05) is 45.0 Å². The first-order valence-electron chi connectivity index (χ1n) is 5.68. The Morgan fingerprint density at radius 2 is 1.88 bits per heavy atom. The van der Waals surface area contributed by atoms with Gasteiger partial charge in [0.2, 0.25) is 5.91 Å². The molecule has 0 radical (unpaired) electrons. The number of amides is 1. The van der Waals surface area contributed by atoms with Crippen molar-refractivity contribution in [2.45, 2.75) is 13.3 Å². The Labute approximate surface area is 96.7 Å². The van der Waals surface area contributed by atoms with Crippen LogP contribution in [-0.4, -0.2) is 42.0 Å². The van der Waals surface area contributed by atoms with Gasteiger partial charge < -0.3 is 10.2 Å². The Morgan fingerprint density at radius 3 is 2.25 bits per heavy atom. The second-order valence-electron chi connectivity index (χ2n) is 3.51. The third-order valence-electron chi connectivity index (χ3n) is 2.34. The van der Waals surface area contributed by atoms with Gasteiger partial charge in [-0.25, -0.2) is 0 Å². The standard InChI is InChI=1S/C7H14N2O.C5H5N/c1-2-7(10)9-5-3-8-4-6-9;1-2-4-6-5-3-1/h8H,2-6H2,1H3;1-5H. The fraction of sp³-hybridized carbons (Fsp3) is 0.500. The molecule has 1 aliphatic rings. The van der Waals surface area contributed by atoms with Crippen molar-refractivity contribution < 1.29 is 4.79 Å². The molecule has 0 aromatic carbocycles. The van der Waals surface area contributed by atoms with Gasteiger partial charge in [0.05, 0.1) is 0 Å². The summed E-state index contributed by atoms with van der Waals surface area (Å²) < 4.78 is 0. The van der Waals surface area contributed by atoms with Crippen LogP contribution in [0.5, 0.6) is 0 Å². The Morgan fingerprint density at radius 1 is 1.25 bits per heavy atom. The lowest BCUT2D eigenvalue weighted by Gasteiger charge is -2.26. The second kappa shape index (κ2) is 7.82. The van der Waals surface area contributed by atoms with Gasteiger partial charge in [0.25, 0.3) is 0 Å². The minimum Gasteiger partial charge on any atom is -0.340 e. The van der Waals surface area contributed by atoms with E-state index in [1.54, 1.807) is 12.4 Å². The van der Waals surface area contributed by atoms with E-state index in [0.29, 0.717) is 6.42 Å². The summed E-state index contributed by atoms with van der Waals surface area (Å²) in [5.74, 6) is 0.279. The van der Waals surface area contributed by atoms with Crippen molar-refractivity contribution in [2.75, 3.05) is 26.2 Å². The van der Waals surface area contributed by atoms with Gasteiger partial charge in [-0.15, -0.1) is 0 Å². The fourth-order valence-electron chi connectivity index (χ4n) is 1.45. The van der Waals surface area contributed by atoms with E-state index in [4.69, 9.17) is 0 Å². The Kier molecular flexibility index (Phi) is 6.18. The first-order valence-corrected chi connectivity index (χ1v) is 5.68. The molecule has 1 aliphatic heterocycles. The van der Waals surface area contributed by atoms with Crippen LogP contribution in [-0.2, 0) is 4.79 Å². The molecule has 0 spiro atoms. The number of rotatable bonds is 1. The van der Waals surface area contributed by atoms with Gasteiger partial charge >= 0.3 is 0 Å². The number of nitrogens with one attached hydrogen (secondary N) is 1. The summed E-state index contributed by atoms with van der Waals surface area (Å²) in [5.41, 5.74) is 0. The number of carbonyl (C=O) groups excluding carboxylic acids is 1. The highest BCUT2D eigenvalue weighted by Gasteiger charge is 2.12. The number of carbonyl (C=O) groups is 1. The molecular weight excluding hydrogens is 202 g/mol. The molecule has 2 heterocycles. The molecule has 4 nitrogen and oxygen atoms in total. The molecule has 1 aromatic heterocycles. The van der Waals surface area contributed by atoms with Crippen LogP contribution in [0.2, 0.25) is 0 Å². The molecular formula is C12H19N3O. The number of pyridine rings is 1. The summed E-state index contributed by atoms with van der Waals surface area (Å²) in [7, 11) is 0. The summed E-state index contributed by atoms with van der Waals surface area (Å²) in [6.07, 6.45) is 4.14. The topological polar surface area (TPSA) is 45.2 Å². The monoisotopic (exact) mass is 221 g/mol. The minimum atomic E-state index is 0.279. The maximum Gasteiger partial charge on any atom is 0.222 e. The smallest absolute Gasteiger partial charge is 0.222 e. The molecule has 4 heteroatoms. The first kappa shape index (κ1) is 12.6. The quantitative estimate of drug-likeness (QED) is 0.766. The molecule has 1 aromatic rings.